The van der Waals surface area contributed by atoms with Crippen molar-refractivity contribution in [2.24, 2.45) is 10.3 Å². The highest BCUT2D eigenvalue weighted by Crippen LogP contribution is 2.40. The molecule has 2 aliphatic heterocycles. The lowest BCUT2D eigenvalue weighted by Gasteiger charge is -2.49. The Morgan fingerprint density at radius 3 is 2.33 bits per heavy atom. The number of rotatable bonds is 11. The van der Waals surface area contributed by atoms with Crippen molar-refractivity contribution in [3.63, 3.8) is 0 Å². The molecule has 17 nitrogen and oxygen atoms in total. The number of carboxylic acids is 1. The summed E-state index contributed by atoms with van der Waals surface area (Å²) < 4.78 is 4.91. The van der Waals surface area contributed by atoms with Gasteiger partial charge in [0, 0.05) is 29.0 Å². The summed E-state index contributed by atoms with van der Waals surface area (Å²) in [5.74, 6) is -4.01. The Morgan fingerprint density at radius 1 is 1.10 bits per heavy atom. The number of nitrogens with one attached hydrogen (secondary N) is 2. The van der Waals surface area contributed by atoms with E-state index in [0.29, 0.717) is 0 Å². The lowest BCUT2D eigenvalue weighted by Crippen LogP contribution is -2.71. The molecule has 2 aliphatic rings. The molecule has 1 saturated heterocycles. The number of hydrogen-bond donors (Lipinski definition) is 4. The zero-order valence-electron chi connectivity index (χ0n) is 22.0. The number of amides is 3. The molecule has 0 spiro atoms. The van der Waals surface area contributed by atoms with Crippen LogP contribution < -0.4 is 16.4 Å². The highest BCUT2D eigenvalue weighted by atomic mass is 32.2. The molecule has 0 unspecified atom stereocenters. The van der Waals surface area contributed by atoms with Gasteiger partial charge in [0.05, 0.1) is 0 Å². The van der Waals surface area contributed by atoms with E-state index < -0.39 is 41.1 Å². The maximum atomic E-state index is 13.2. The predicted octanol–water partition coefficient (Wildman–Crippen LogP) is -0.177. The Labute approximate surface area is 248 Å². The van der Waals surface area contributed by atoms with E-state index in [1.807, 2.05) is 0 Å². The maximum Gasteiger partial charge on any atom is 0.352 e. The number of nitrogens with two attached hydrogens (primary N) is 1. The fourth-order valence-corrected chi connectivity index (χ4v) is 6.34. The molecule has 1 fully saturated rings. The van der Waals surface area contributed by atoms with E-state index in [9.17, 15) is 29.1 Å². The number of aliphatic carboxylic acids is 1. The van der Waals surface area contributed by atoms with Crippen molar-refractivity contribution < 1.29 is 43.5 Å². The molecule has 4 rings (SSSR count). The summed E-state index contributed by atoms with van der Waals surface area (Å²) in [6.07, 6.45) is 0. The van der Waals surface area contributed by atoms with Crippen molar-refractivity contribution >= 4 is 85.8 Å². The number of thiazole rings is 2. The number of carbonyl (C=O) groups excluding carboxylic acids is 4. The third-order valence-electron chi connectivity index (χ3n) is 5.51. The molecule has 2 aromatic rings. The largest absolute Gasteiger partial charge is 0.477 e. The van der Waals surface area contributed by atoms with E-state index >= 15 is 0 Å². The smallest absolute Gasteiger partial charge is 0.352 e. The molecule has 0 aromatic carbocycles. The van der Waals surface area contributed by atoms with Crippen LogP contribution in [0.25, 0.3) is 0 Å². The average molecular weight is 639 g/mol. The number of carbonyl (C=O) groups is 5. The van der Waals surface area contributed by atoms with Crippen molar-refractivity contribution in [2.45, 2.75) is 18.3 Å². The molecule has 20 heteroatoms. The molecule has 2 atom stereocenters. The van der Waals surface area contributed by atoms with Crippen LogP contribution in [0, 0.1) is 0 Å². The quantitative estimate of drug-likeness (QED) is 0.108. The number of nitrogens with zero attached hydrogens (tertiary/aromatic N) is 5. The van der Waals surface area contributed by atoms with Gasteiger partial charge in [0.25, 0.3) is 17.7 Å². The Morgan fingerprint density at radius 2 is 1.74 bits per heavy atom. The van der Waals surface area contributed by atoms with Crippen LogP contribution in [-0.2, 0) is 38.4 Å². The number of nitrogen functional groups attached to an aromatic ring is 1. The zero-order valence-corrected chi connectivity index (χ0v) is 24.4. The molecule has 4 heterocycles. The second kappa shape index (κ2) is 13.0. The molecular weight excluding hydrogens is 616 g/mol. The van der Waals surface area contributed by atoms with Crippen LogP contribution in [0.3, 0.4) is 0 Å². The number of ether oxygens (including phenoxy) is 1. The summed E-state index contributed by atoms with van der Waals surface area (Å²) in [7, 11) is 2.46. The van der Waals surface area contributed by atoms with Crippen molar-refractivity contribution in [3.8, 4) is 0 Å². The third kappa shape index (κ3) is 6.34. The van der Waals surface area contributed by atoms with Crippen molar-refractivity contribution in [1.29, 1.82) is 0 Å². The van der Waals surface area contributed by atoms with Gasteiger partial charge in [0.1, 0.15) is 49.3 Å². The van der Waals surface area contributed by atoms with Gasteiger partial charge in [-0.1, -0.05) is 10.3 Å². The predicted molar refractivity (Wildman–Crippen MR) is 151 cm³/mol. The van der Waals surface area contributed by atoms with E-state index in [0.717, 1.165) is 27.6 Å². The first-order chi connectivity index (χ1) is 20.0. The SMILES string of the molecule is CO/N=C(\C(=O)N[C@@H]1C(=O)N2C(C(=O)O)=C(COC(C)=O)CS[C@H]12)c1csc(NC(=O)/C(=N/OC)c2csc(N)n2)n1. The molecule has 0 saturated carbocycles. The third-order valence-corrected chi connectivity index (χ3v) is 8.28. The second-order valence-corrected chi connectivity index (χ2v) is 11.1. The number of aromatic nitrogens is 2. The summed E-state index contributed by atoms with van der Waals surface area (Å²) in [4.78, 5) is 80.8. The minimum absolute atomic E-state index is 0.0208. The van der Waals surface area contributed by atoms with Gasteiger partial charge in [0.15, 0.2) is 21.7 Å². The zero-order chi connectivity index (χ0) is 30.6. The molecule has 0 aliphatic carbocycles. The Bertz CT molecular complexity index is 1530. The lowest BCUT2D eigenvalue weighted by atomic mass is 10.0. The monoisotopic (exact) mass is 638 g/mol. The Kier molecular flexibility index (Phi) is 9.38. The van der Waals surface area contributed by atoms with Gasteiger partial charge in [-0.2, -0.15) is 0 Å². The number of β-lactam (4-membered cyclic amide) rings is 1. The summed E-state index contributed by atoms with van der Waals surface area (Å²) in [5.41, 5.74) is 5.35. The first kappa shape index (κ1) is 30.4. The number of carboxylic acid groups (broad SMARTS) is 1. The van der Waals surface area contributed by atoms with Crippen LogP contribution in [0.15, 0.2) is 32.3 Å². The molecule has 2 aromatic heterocycles. The normalized spacial score (nSPS) is 18.5. The first-order valence-electron chi connectivity index (χ1n) is 11.6. The van der Waals surface area contributed by atoms with E-state index in [-0.39, 0.29) is 56.7 Å². The molecule has 0 bridgehead atoms. The minimum Gasteiger partial charge on any atom is -0.477 e. The number of anilines is 2. The fraction of sp³-hybridized carbons (Fsp3) is 0.318. The van der Waals surface area contributed by atoms with Crippen molar-refractivity contribution in [2.75, 3.05) is 37.6 Å². The number of fused-ring (bicyclic) bond motifs is 1. The van der Waals surface area contributed by atoms with Gasteiger partial charge in [-0.25, -0.2) is 14.8 Å². The Balaban J connectivity index is 1.46. The van der Waals surface area contributed by atoms with Gasteiger partial charge < -0.3 is 30.6 Å². The van der Waals surface area contributed by atoms with Crippen LogP contribution in [0.4, 0.5) is 10.3 Å². The minimum atomic E-state index is -1.36. The van der Waals surface area contributed by atoms with Gasteiger partial charge in [-0.3, -0.25) is 29.4 Å². The fourth-order valence-electron chi connectivity index (χ4n) is 3.78. The van der Waals surface area contributed by atoms with Crippen LogP contribution >= 0.6 is 34.4 Å². The van der Waals surface area contributed by atoms with Gasteiger partial charge >= 0.3 is 11.9 Å². The van der Waals surface area contributed by atoms with E-state index in [1.165, 1.54) is 43.7 Å². The number of thioether (sulfide) groups is 1. The van der Waals surface area contributed by atoms with Crippen LogP contribution in [0.5, 0.6) is 0 Å². The molecular formula is C22H22N8O9S3. The topological polar surface area (TPSA) is 237 Å². The summed E-state index contributed by atoms with van der Waals surface area (Å²) >= 11 is 3.27. The van der Waals surface area contributed by atoms with Crippen LogP contribution in [0.2, 0.25) is 0 Å². The maximum absolute atomic E-state index is 13.2. The number of hydrogen-bond acceptors (Lipinski definition) is 16. The first-order valence-corrected chi connectivity index (χ1v) is 14.4. The van der Waals surface area contributed by atoms with Gasteiger partial charge in [-0.05, 0) is 0 Å². The van der Waals surface area contributed by atoms with E-state index in [1.54, 1.807) is 0 Å². The standard InChI is InChI=1S/C22H22N8O9S3/c1-8(31)39-4-9-5-40-19-14(18(34)30(19)15(9)20(35)36)26-16(32)13(29-38-3)11-7-42-22(25-11)27-17(33)12(28-37-2)10-6-41-21(23)24-10/h6-7,14,19H,4-5H2,1-3H3,(H2,23,24)(H,26,32)(H,35,36)(H,25,27,33)/b28-12+,29-13-/t14-,19-/m1/s1. The van der Waals surface area contributed by atoms with Crippen molar-refractivity contribution in [1.82, 2.24) is 20.2 Å². The average Bonchev–Trinajstić information content (AvgIpc) is 3.59. The summed E-state index contributed by atoms with van der Waals surface area (Å²) in [5, 5.41) is 24.7. The number of esters is 1. The van der Waals surface area contributed by atoms with Gasteiger partial charge in [-0.15, -0.1) is 34.4 Å². The molecule has 222 valence electrons. The van der Waals surface area contributed by atoms with E-state index in [4.69, 9.17) is 20.1 Å². The summed E-state index contributed by atoms with van der Waals surface area (Å²) in [6.45, 7) is 0.909. The molecule has 5 N–H and O–H groups in total. The lowest BCUT2D eigenvalue weighted by molar-refractivity contribution is -0.150. The highest BCUT2D eigenvalue weighted by molar-refractivity contribution is 8.00. The highest BCUT2D eigenvalue weighted by Gasteiger charge is 2.54. The summed E-state index contributed by atoms with van der Waals surface area (Å²) in [6, 6.07) is -1.08. The second-order valence-electron chi connectivity index (χ2n) is 8.21. The Hall–Kier alpha value is -4.56. The van der Waals surface area contributed by atoms with E-state index in [2.05, 4.69) is 30.9 Å². The molecule has 0 radical (unpaired) electrons. The van der Waals surface area contributed by atoms with Crippen LogP contribution in [-0.4, -0.2) is 99.1 Å². The van der Waals surface area contributed by atoms with Crippen LogP contribution in [0.1, 0.15) is 18.3 Å². The van der Waals surface area contributed by atoms with Gasteiger partial charge in [0.2, 0.25) is 0 Å². The molecule has 42 heavy (non-hydrogen) atoms. The van der Waals surface area contributed by atoms with Crippen molar-refractivity contribution in [3.05, 3.63) is 33.4 Å². The molecule has 3 amide bonds. The number of oxime groups is 2.